The van der Waals surface area contributed by atoms with E-state index < -0.39 is 23.0 Å². The smallest absolute Gasteiger partial charge is 0.324 e. The van der Waals surface area contributed by atoms with Crippen molar-refractivity contribution in [1.82, 2.24) is 0 Å². The Labute approximate surface area is 146 Å². The molecule has 1 aliphatic rings. The second-order valence-electron chi connectivity index (χ2n) is 5.33. The van der Waals surface area contributed by atoms with Crippen molar-refractivity contribution in [2.75, 3.05) is 12.4 Å². The SMILES string of the molecule is C=C(Br)C[C@]1(C(=O)OC)C[C@](CBr)(c2ccccc2)OC1=O. The summed E-state index contributed by atoms with van der Waals surface area (Å²) in [6, 6.07) is 9.38. The molecular formula is C16H16Br2O4. The van der Waals surface area contributed by atoms with Crippen LogP contribution in [-0.4, -0.2) is 24.4 Å². The van der Waals surface area contributed by atoms with Crippen LogP contribution in [0.1, 0.15) is 18.4 Å². The number of halogens is 2. The van der Waals surface area contributed by atoms with E-state index in [2.05, 4.69) is 38.4 Å². The van der Waals surface area contributed by atoms with Gasteiger partial charge in [0.25, 0.3) is 0 Å². The van der Waals surface area contributed by atoms with Gasteiger partial charge in [0.1, 0.15) is 5.60 Å². The molecule has 0 aromatic heterocycles. The number of carbonyl (C=O) groups is 2. The van der Waals surface area contributed by atoms with Gasteiger partial charge < -0.3 is 9.47 Å². The Morgan fingerprint density at radius 3 is 2.55 bits per heavy atom. The van der Waals surface area contributed by atoms with Crippen LogP contribution < -0.4 is 0 Å². The molecule has 0 aliphatic carbocycles. The monoisotopic (exact) mass is 430 g/mol. The molecule has 6 heteroatoms. The van der Waals surface area contributed by atoms with E-state index in [1.807, 2.05) is 30.3 Å². The lowest BCUT2D eigenvalue weighted by molar-refractivity contribution is -0.164. The largest absolute Gasteiger partial charge is 0.468 e. The number of hydrogen-bond acceptors (Lipinski definition) is 4. The summed E-state index contributed by atoms with van der Waals surface area (Å²) in [5.41, 5.74) is -1.43. The van der Waals surface area contributed by atoms with Gasteiger partial charge in [-0.15, -0.1) is 0 Å². The number of carbonyl (C=O) groups excluding carboxylic acids is 2. The van der Waals surface area contributed by atoms with Crippen LogP contribution in [0.25, 0.3) is 0 Å². The molecule has 1 aliphatic heterocycles. The second-order valence-corrected chi connectivity index (χ2v) is 7.01. The van der Waals surface area contributed by atoms with Gasteiger partial charge in [-0.3, -0.25) is 9.59 Å². The molecule has 118 valence electrons. The zero-order valence-electron chi connectivity index (χ0n) is 12.1. The molecule has 0 unspecified atom stereocenters. The van der Waals surface area contributed by atoms with E-state index in [4.69, 9.17) is 9.47 Å². The highest BCUT2D eigenvalue weighted by Gasteiger charge is 2.62. The van der Waals surface area contributed by atoms with Gasteiger partial charge in [-0.2, -0.15) is 0 Å². The molecule has 0 amide bonds. The number of allylic oxidation sites excluding steroid dienone is 1. The topological polar surface area (TPSA) is 52.6 Å². The van der Waals surface area contributed by atoms with Crippen molar-refractivity contribution in [2.45, 2.75) is 18.4 Å². The van der Waals surface area contributed by atoms with E-state index in [-0.39, 0.29) is 12.8 Å². The highest BCUT2D eigenvalue weighted by molar-refractivity contribution is 9.11. The number of hydrogen-bond donors (Lipinski definition) is 0. The van der Waals surface area contributed by atoms with Gasteiger partial charge in [-0.05, 0) is 10.0 Å². The molecule has 1 aromatic rings. The van der Waals surface area contributed by atoms with Gasteiger partial charge in [0.15, 0.2) is 5.41 Å². The van der Waals surface area contributed by atoms with E-state index in [0.29, 0.717) is 9.81 Å². The van der Waals surface area contributed by atoms with Crippen molar-refractivity contribution < 1.29 is 19.1 Å². The standard InChI is InChI=1S/C16H16Br2O4/c1-11(18)8-15(13(19)21-2)9-16(10-17,22-14(15)20)12-6-4-3-5-7-12/h3-7H,1,8-10H2,2H3/t15-,16+/m1/s1. The molecule has 0 bridgehead atoms. The molecule has 22 heavy (non-hydrogen) atoms. The van der Waals surface area contributed by atoms with E-state index in [9.17, 15) is 9.59 Å². The zero-order chi connectivity index (χ0) is 16.4. The lowest BCUT2D eigenvalue weighted by Gasteiger charge is -2.27. The van der Waals surface area contributed by atoms with Gasteiger partial charge in [0.05, 0.1) is 7.11 Å². The van der Waals surface area contributed by atoms with E-state index >= 15 is 0 Å². The molecule has 4 nitrogen and oxygen atoms in total. The number of cyclic esters (lactones) is 1. The third kappa shape index (κ3) is 2.86. The van der Waals surface area contributed by atoms with Crippen LogP contribution in [0.5, 0.6) is 0 Å². The summed E-state index contributed by atoms with van der Waals surface area (Å²) >= 11 is 6.66. The summed E-state index contributed by atoms with van der Waals surface area (Å²) in [5, 5.41) is 0.392. The zero-order valence-corrected chi connectivity index (χ0v) is 15.3. The van der Waals surface area contributed by atoms with Crippen molar-refractivity contribution in [3.63, 3.8) is 0 Å². The molecule has 2 atom stereocenters. The summed E-state index contributed by atoms with van der Waals surface area (Å²) in [6.45, 7) is 3.75. The lowest BCUT2D eigenvalue weighted by atomic mass is 9.76. The molecule has 1 aromatic carbocycles. The highest BCUT2D eigenvalue weighted by atomic mass is 79.9. The molecule has 1 fully saturated rings. The Bertz CT molecular complexity index is 601. The van der Waals surface area contributed by atoms with Gasteiger partial charge in [-0.25, -0.2) is 0 Å². The number of esters is 2. The van der Waals surface area contributed by atoms with Crippen molar-refractivity contribution in [2.24, 2.45) is 5.41 Å². The minimum atomic E-state index is -1.38. The molecule has 0 N–H and O–H groups in total. The quantitative estimate of drug-likeness (QED) is 0.405. The summed E-state index contributed by atoms with van der Waals surface area (Å²) < 4.78 is 11.1. The Morgan fingerprint density at radius 1 is 1.41 bits per heavy atom. The Balaban J connectivity index is 2.49. The van der Waals surface area contributed by atoms with Crippen molar-refractivity contribution >= 4 is 43.8 Å². The highest BCUT2D eigenvalue weighted by Crippen LogP contribution is 2.51. The third-order valence-corrected chi connectivity index (χ3v) is 5.04. The Morgan fingerprint density at radius 2 is 2.05 bits per heavy atom. The first-order chi connectivity index (χ1) is 10.4. The fourth-order valence-electron chi connectivity index (χ4n) is 2.81. The Hall–Kier alpha value is -1.14. The fraction of sp³-hybridized carbons (Fsp3) is 0.375. The average Bonchev–Trinajstić information content (AvgIpc) is 2.81. The predicted octanol–water partition coefficient (Wildman–Crippen LogP) is 3.68. The maximum atomic E-state index is 12.6. The van der Waals surface area contributed by atoms with E-state index in [1.54, 1.807) is 0 Å². The summed E-state index contributed by atoms with van der Waals surface area (Å²) in [7, 11) is 1.27. The molecule has 0 spiro atoms. The van der Waals surface area contributed by atoms with Crippen LogP contribution in [0.2, 0.25) is 0 Å². The van der Waals surface area contributed by atoms with Gasteiger partial charge >= 0.3 is 11.9 Å². The summed E-state index contributed by atoms with van der Waals surface area (Å²) in [4.78, 5) is 24.9. The third-order valence-electron chi connectivity index (χ3n) is 3.85. The summed E-state index contributed by atoms with van der Waals surface area (Å²) in [6.07, 6.45) is 0.339. The minimum Gasteiger partial charge on any atom is -0.468 e. The molecule has 1 saturated heterocycles. The average molecular weight is 432 g/mol. The maximum absolute atomic E-state index is 12.6. The molecular weight excluding hydrogens is 416 g/mol. The van der Waals surface area contributed by atoms with Gasteiger partial charge in [0.2, 0.25) is 0 Å². The number of alkyl halides is 1. The van der Waals surface area contributed by atoms with E-state index in [0.717, 1.165) is 5.56 Å². The number of rotatable bonds is 5. The van der Waals surface area contributed by atoms with E-state index in [1.165, 1.54) is 7.11 Å². The number of ether oxygens (including phenoxy) is 2. The lowest BCUT2D eigenvalue weighted by Crippen LogP contribution is -2.37. The van der Waals surface area contributed by atoms with Crippen LogP contribution in [0.3, 0.4) is 0 Å². The number of methoxy groups -OCH3 is 1. The van der Waals surface area contributed by atoms with Crippen LogP contribution in [0.15, 0.2) is 41.4 Å². The fourth-order valence-corrected chi connectivity index (χ4v) is 3.93. The van der Waals surface area contributed by atoms with Crippen LogP contribution >= 0.6 is 31.9 Å². The molecule has 0 saturated carbocycles. The first kappa shape index (κ1) is 17.2. The van der Waals surface area contributed by atoms with Crippen molar-refractivity contribution in [1.29, 1.82) is 0 Å². The van der Waals surface area contributed by atoms with Gasteiger partial charge in [-0.1, -0.05) is 68.8 Å². The van der Waals surface area contributed by atoms with Crippen molar-refractivity contribution in [3.05, 3.63) is 47.0 Å². The predicted molar refractivity (Wildman–Crippen MR) is 89.8 cm³/mol. The van der Waals surface area contributed by atoms with Crippen LogP contribution in [0, 0.1) is 5.41 Å². The molecule has 2 rings (SSSR count). The van der Waals surface area contributed by atoms with Gasteiger partial charge in [0, 0.05) is 18.2 Å². The maximum Gasteiger partial charge on any atom is 0.324 e. The molecule has 1 heterocycles. The van der Waals surface area contributed by atoms with Crippen LogP contribution in [0.4, 0.5) is 0 Å². The number of benzene rings is 1. The normalized spacial score (nSPS) is 27.3. The second kappa shape index (κ2) is 6.54. The first-order valence-electron chi connectivity index (χ1n) is 6.67. The Kier molecular flexibility index (Phi) is 5.12. The first-order valence-corrected chi connectivity index (χ1v) is 8.58. The minimum absolute atomic E-state index is 0.139. The van der Waals surface area contributed by atoms with Crippen molar-refractivity contribution in [3.8, 4) is 0 Å². The summed E-state index contributed by atoms with van der Waals surface area (Å²) in [5.74, 6) is -1.18. The molecule has 0 radical (unpaired) electrons. The van der Waals surface area contributed by atoms with Crippen LogP contribution in [-0.2, 0) is 24.7 Å².